The minimum Gasteiger partial charge on any atom is -0.343 e. The van der Waals surface area contributed by atoms with Gasteiger partial charge < -0.3 is 9.47 Å². The molecule has 0 aromatic heterocycles. The Labute approximate surface area is 125 Å². The summed E-state index contributed by atoms with van der Waals surface area (Å²) in [4.78, 5) is 13.0. The minimum atomic E-state index is -1.26. The van der Waals surface area contributed by atoms with Gasteiger partial charge in [-0.1, -0.05) is 43.3 Å². The molecule has 21 heavy (non-hydrogen) atoms. The molecule has 1 aromatic rings. The maximum atomic E-state index is 13.0. The number of hydrogen-bond acceptors (Lipinski definition) is 3. The van der Waals surface area contributed by atoms with E-state index in [2.05, 4.69) is 26.5 Å². The summed E-state index contributed by atoms with van der Waals surface area (Å²) in [7, 11) is 3.07. The fourth-order valence-corrected chi connectivity index (χ4v) is 4.18. The fourth-order valence-electron chi connectivity index (χ4n) is 4.18. The Morgan fingerprint density at radius 3 is 2.48 bits per heavy atom. The first-order valence-corrected chi connectivity index (χ1v) is 7.32. The molecule has 0 unspecified atom stereocenters. The molecule has 3 atom stereocenters. The minimum absolute atomic E-state index is 0.0237. The molecular weight excluding hydrogens is 264 g/mol. The van der Waals surface area contributed by atoms with E-state index in [1.807, 2.05) is 18.2 Å². The molecule has 112 valence electrons. The van der Waals surface area contributed by atoms with E-state index in [0.717, 1.165) is 23.1 Å². The van der Waals surface area contributed by atoms with Gasteiger partial charge in [0.25, 0.3) is 5.79 Å². The molecule has 2 aliphatic carbocycles. The summed E-state index contributed by atoms with van der Waals surface area (Å²) in [6.45, 7) is 8.40. The largest absolute Gasteiger partial charge is 0.343 e. The first-order chi connectivity index (χ1) is 9.92. The third-order valence-electron chi connectivity index (χ3n) is 5.59. The van der Waals surface area contributed by atoms with E-state index in [0.29, 0.717) is 0 Å². The third kappa shape index (κ3) is 1.59. The summed E-state index contributed by atoms with van der Waals surface area (Å²) < 4.78 is 11.1. The number of ether oxygens (including phenoxy) is 2. The predicted octanol–water partition coefficient (Wildman–Crippen LogP) is 3.40. The average molecular weight is 286 g/mol. The highest BCUT2D eigenvalue weighted by Crippen LogP contribution is 2.65. The zero-order valence-corrected chi connectivity index (χ0v) is 13.1. The lowest BCUT2D eigenvalue weighted by Crippen LogP contribution is -2.59. The van der Waals surface area contributed by atoms with E-state index in [9.17, 15) is 4.79 Å². The molecule has 0 spiro atoms. The van der Waals surface area contributed by atoms with Crippen LogP contribution >= 0.6 is 0 Å². The number of Topliss-reactive ketones (excluding diaryl/α,β-unsaturated/α-hetero) is 1. The van der Waals surface area contributed by atoms with E-state index in [4.69, 9.17) is 9.47 Å². The Hall–Kier alpha value is -1.45. The molecular formula is C18H22O3. The Balaban J connectivity index is 2.22. The van der Waals surface area contributed by atoms with Gasteiger partial charge in [0.15, 0.2) is 0 Å². The van der Waals surface area contributed by atoms with Crippen LogP contribution < -0.4 is 0 Å². The van der Waals surface area contributed by atoms with E-state index in [1.165, 1.54) is 14.2 Å². The summed E-state index contributed by atoms with van der Waals surface area (Å²) in [6.07, 6.45) is 0.814. The molecule has 0 aliphatic heterocycles. The zero-order valence-electron chi connectivity index (χ0n) is 13.1. The second-order valence-electron chi connectivity index (χ2n) is 6.46. The van der Waals surface area contributed by atoms with Gasteiger partial charge in [0.1, 0.15) is 0 Å². The molecule has 0 N–H and O–H groups in total. The Bertz CT molecular complexity index is 615. The predicted molar refractivity (Wildman–Crippen MR) is 80.9 cm³/mol. The summed E-state index contributed by atoms with van der Waals surface area (Å²) in [5.74, 6) is -1.10. The van der Waals surface area contributed by atoms with Crippen molar-refractivity contribution in [2.24, 2.45) is 11.3 Å². The smallest absolute Gasteiger partial charge is 0.256 e. The second kappa shape index (κ2) is 4.52. The van der Waals surface area contributed by atoms with Crippen LogP contribution in [0.4, 0.5) is 0 Å². The molecule has 1 aromatic carbocycles. The highest BCUT2D eigenvalue weighted by molar-refractivity contribution is 5.94. The van der Waals surface area contributed by atoms with Crippen molar-refractivity contribution in [3.8, 4) is 0 Å². The van der Waals surface area contributed by atoms with Crippen LogP contribution in [-0.2, 0) is 20.1 Å². The molecule has 1 fully saturated rings. The van der Waals surface area contributed by atoms with Crippen molar-refractivity contribution in [3.05, 3.63) is 47.5 Å². The van der Waals surface area contributed by atoms with Crippen molar-refractivity contribution in [1.29, 1.82) is 0 Å². The van der Waals surface area contributed by atoms with Gasteiger partial charge >= 0.3 is 0 Å². The number of carbonyl (C=O) groups excluding carboxylic acids is 1. The van der Waals surface area contributed by atoms with Gasteiger partial charge in [-0.3, -0.25) is 4.79 Å². The van der Waals surface area contributed by atoms with Crippen LogP contribution in [0.5, 0.6) is 0 Å². The SMILES string of the molecule is C=C(C)[C@]1(C)C[C@@H]2C(=O)C(OC)(OC)c3ccccc3[C@@H]21. The van der Waals surface area contributed by atoms with Gasteiger partial charge in [-0.15, -0.1) is 0 Å². The number of carbonyl (C=O) groups is 1. The van der Waals surface area contributed by atoms with Gasteiger partial charge in [0.2, 0.25) is 5.78 Å². The number of allylic oxidation sites excluding steroid dienone is 1. The zero-order chi connectivity index (χ0) is 15.4. The monoisotopic (exact) mass is 286 g/mol. The Morgan fingerprint density at radius 1 is 1.29 bits per heavy atom. The molecule has 0 radical (unpaired) electrons. The highest BCUT2D eigenvalue weighted by Gasteiger charge is 2.63. The third-order valence-corrected chi connectivity index (χ3v) is 5.59. The number of hydrogen-bond donors (Lipinski definition) is 0. The molecule has 0 bridgehead atoms. The lowest BCUT2D eigenvalue weighted by molar-refractivity contribution is -0.227. The van der Waals surface area contributed by atoms with Crippen LogP contribution in [0.2, 0.25) is 0 Å². The maximum Gasteiger partial charge on any atom is 0.256 e. The molecule has 0 amide bonds. The van der Waals surface area contributed by atoms with Crippen LogP contribution in [0.3, 0.4) is 0 Å². The van der Waals surface area contributed by atoms with Crippen LogP contribution in [0.15, 0.2) is 36.4 Å². The number of fused-ring (bicyclic) bond motifs is 3. The number of ketones is 1. The number of methoxy groups -OCH3 is 2. The van der Waals surface area contributed by atoms with Crippen LogP contribution in [0.1, 0.15) is 37.3 Å². The van der Waals surface area contributed by atoms with Crippen LogP contribution in [-0.4, -0.2) is 20.0 Å². The maximum absolute atomic E-state index is 13.0. The lowest BCUT2D eigenvalue weighted by atomic mass is 9.46. The van der Waals surface area contributed by atoms with Gasteiger partial charge in [-0.25, -0.2) is 0 Å². The summed E-state index contributed by atoms with van der Waals surface area (Å²) in [6, 6.07) is 7.97. The van der Waals surface area contributed by atoms with E-state index in [-0.39, 0.29) is 23.0 Å². The first kappa shape index (κ1) is 14.5. The molecule has 2 aliphatic rings. The first-order valence-electron chi connectivity index (χ1n) is 7.32. The number of rotatable bonds is 3. The van der Waals surface area contributed by atoms with Gasteiger partial charge in [-0.2, -0.15) is 0 Å². The summed E-state index contributed by atoms with van der Waals surface area (Å²) >= 11 is 0. The standard InChI is InChI=1S/C18H22O3/c1-11(2)17(3)10-13-15(17)12-8-6-7-9-14(12)18(20-4,21-5)16(13)19/h6-9,13,15H,1,10H2,2-5H3/t13-,15-,17-/m0/s1. The summed E-state index contributed by atoms with van der Waals surface area (Å²) in [5, 5.41) is 0. The van der Waals surface area contributed by atoms with Crippen molar-refractivity contribution in [1.82, 2.24) is 0 Å². The fraction of sp³-hybridized carbons (Fsp3) is 0.500. The van der Waals surface area contributed by atoms with Crippen molar-refractivity contribution >= 4 is 5.78 Å². The van der Waals surface area contributed by atoms with Gasteiger partial charge in [-0.05, 0) is 24.3 Å². The molecule has 3 rings (SSSR count). The van der Waals surface area contributed by atoms with Gasteiger partial charge in [0.05, 0.1) is 0 Å². The second-order valence-corrected chi connectivity index (χ2v) is 6.46. The topological polar surface area (TPSA) is 35.5 Å². The molecule has 3 heteroatoms. The van der Waals surface area contributed by atoms with E-state index >= 15 is 0 Å². The Kier molecular flexibility index (Phi) is 3.12. The Morgan fingerprint density at radius 2 is 1.90 bits per heavy atom. The normalized spacial score (nSPS) is 32.9. The van der Waals surface area contributed by atoms with Crippen molar-refractivity contribution in [2.45, 2.75) is 32.0 Å². The lowest BCUT2D eigenvalue weighted by Gasteiger charge is -2.58. The highest BCUT2D eigenvalue weighted by atomic mass is 16.7. The van der Waals surface area contributed by atoms with Crippen molar-refractivity contribution < 1.29 is 14.3 Å². The number of benzene rings is 1. The molecule has 0 heterocycles. The van der Waals surface area contributed by atoms with Crippen molar-refractivity contribution in [3.63, 3.8) is 0 Å². The van der Waals surface area contributed by atoms with Crippen LogP contribution in [0.25, 0.3) is 0 Å². The molecule has 1 saturated carbocycles. The molecule has 3 nitrogen and oxygen atoms in total. The van der Waals surface area contributed by atoms with Gasteiger partial charge in [0, 0.05) is 31.6 Å². The average Bonchev–Trinajstić information content (AvgIpc) is 2.46. The van der Waals surface area contributed by atoms with E-state index < -0.39 is 5.79 Å². The van der Waals surface area contributed by atoms with Crippen molar-refractivity contribution in [2.75, 3.05) is 14.2 Å². The quantitative estimate of drug-likeness (QED) is 0.631. The van der Waals surface area contributed by atoms with Crippen LogP contribution in [0, 0.1) is 11.3 Å². The summed E-state index contributed by atoms with van der Waals surface area (Å²) in [5.41, 5.74) is 3.11. The molecule has 0 saturated heterocycles. The van der Waals surface area contributed by atoms with E-state index in [1.54, 1.807) is 0 Å².